The third-order valence-electron chi connectivity index (χ3n) is 3.13. The standard InChI is InChI=1S/C13H16ClN3O2/c1-8-10(14)4-3-5-11(8)16-9(2)12(18)17-7-6-15-13(17)19/h3-5,9,16H,6-7H2,1-2H3,(H,15,19)/t9-/m1/s1. The number of urea groups is 1. The van der Waals surface area contributed by atoms with Gasteiger partial charge in [-0.2, -0.15) is 0 Å². The second-order valence-corrected chi connectivity index (χ2v) is 4.91. The van der Waals surface area contributed by atoms with E-state index in [0.717, 1.165) is 11.3 Å². The van der Waals surface area contributed by atoms with Crippen LogP contribution in [0.25, 0.3) is 0 Å². The summed E-state index contributed by atoms with van der Waals surface area (Å²) in [6.07, 6.45) is 0. The van der Waals surface area contributed by atoms with E-state index in [2.05, 4.69) is 10.6 Å². The van der Waals surface area contributed by atoms with Gasteiger partial charge in [-0.1, -0.05) is 17.7 Å². The Morgan fingerprint density at radius 3 is 2.89 bits per heavy atom. The van der Waals surface area contributed by atoms with Gasteiger partial charge in [0.2, 0.25) is 0 Å². The lowest BCUT2D eigenvalue weighted by Gasteiger charge is -2.21. The Hall–Kier alpha value is -1.75. The number of amides is 3. The molecule has 1 aromatic carbocycles. The highest BCUT2D eigenvalue weighted by Crippen LogP contribution is 2.23. The highest BCUT2D eigenvalue weighted by atomic mass is 35.5. The lowest BCUT2D eigenvalue weighted by atomic mass is 10.1. The number of hydrogen-bond acceptors (Lipinski definition) is 3. The zero-order valence-corrected chi connectivity index (χ0v) is 11.6. The van der Waals surface area contributed by atoms with E-state index in [-0.39, 0.29) is 11.9 Å². The van der Waals surface area contributed by atoms with Gasteiger partial charge in [0.05, 0.1) is 0 Å². The summed E-state index contributed by atoms with van der Waals surface area (Å²) in [5.74, 6) is -0.241. The number of carbonyl (C=O) groups excluding carboxylic acids is 2. The van der Waals surface area contributed by atoms with Crippen molar-refractivity contribution in [3.8, 4) is 0 Å². The van der Waals surface area contributed by atoms with Crippen LogP contribution in [-0.2, 0) is 4.79 Å². The molecule has 1 heterocycles. The van der Waals surface area contributed by atoms with Crippen molar-refractivity contribution in [3.63, 3.8) is 0 Å². The van der Waals surface area contributed by atoms with Crippen LogP contribution < -0.4 is 10.6 Å². The smallest absolute Gasteiger partial charge is 0.324 e. The molecule has 1 saturated heterocycles. The molecule has 1 aliphatic rings. The van der Waals surface area contributed by atoms with Crippen LogP contribution in [0.15, 0.2) is 18.2 Å². The first-order valence-electron chi connectivity index (χ1n) is 6.11. The highest BCUT2D eigenvalue weighted by Gasteiger charge is 2.29. The van der Waals surface area contributed by atoms with Gasteiger partial charge in [-0.05, 0) is 31.5 Å². The maximum atomic E-state index is 12.1. The zero-order chi connectivity index (χ0) is 14.0. The summed E-state index contributed by atoms with van der Waals surface area (Å²) in [7, 11) is 0. The Kier molecular flexibility index (Phi) is 3.95. The normalized spacial score (nSPS) is 16.2. The maximum Gasteiger partial charge on any atom is 0.324 e. The molecule has 0 radical (unpaired) electrons. The molecule has 2 N–H and O–H groups in total. The summed E-state index contributed by atoms with van der Waals surface area (Å²) >= 11 is 6.03. The minimum Gasteiger partial charge on any atom is -0.374 e. The van der Waals surface area contributed by atoms with E-state index >= 15 is 0 Å². The molecule has 1 aliphatic heterocycles. The van der Waals surface area contributed by atoms with E-state index in [0.29, 0.717) is 18.1 Å². The average molecular weight is 282 g/mol. The van der Waals surface area contributed by atoms with Crippen LogP contribution in [-0.4, -0.2) is 36.0 Å². The molecule has 3 amide bonds. The van der Waals surface area contributed by atoms with Crippen molar-refractivity contribution in [2.45, 2.75) is 19.9 Å². The van der Waals surface area contributed by atoms with Crippen LogP contribution in [0.2, 0.25) is 5.02 Å². The van der Waals surface area contributed by atoms with Crippen LogP contribution in [0.4, 0.5) is 10.5 Å². The molecule has 0 aliphatic carbocycles. The SMILES string of the molecule is Cc1c(Cl)cccc1N[C@H](C)C(=O)N1CCNC1=O. The first kappa shape index (κ1) is 13.7. The summed E-state index contributed by atoms with van der Waals surface area (Å²) in [5.41, 5.74) is 1.68. The Labute approximate surface area is 116 Å². The first-order valence-corrected chi connectivity index (χ1v) is 6.49. The molecule has 2 rings (SSSR count). The van der Waals surface area contributed by atoms with E-state index in [4.69, 9.17) is 11.6 Å². The second kappa shape index (κ2) is 5.48. The minimum absolute atomic E-state index is 0.241. The predicted molar refractivity (Wildman–Crippen MR) is 74.4 cm³/mol. The van der Waals surface area contributed by atoms with Gasteiger partial charge < -0.3 is 10.6 Å². The molecular weight excluding hydrogens is 266 g/mol. The third-order valence-corrected chi connectivity index (χ3v) is 3.54. The fourth-order valence-corrected chi connectivity index (χ4v) is 2.15. The summed E-state index contributed by atoms with van der Waals surface area (Å²) in [6, 6.07) is 4.65. The molecule has 1 atom stereocenters. The second-order valence-electron chi connectivity index (χ2n) is 4.50. The Morgan fingerprint density at radius 1 is 1.53 bits per heavy atom. The van der Waals surface area contributed by atoms with Crippen molar-refractivity contribution in [2.24, 2.45) is 0 Å². The molecular formula is C13H16ClN3O2. The highest BCUT2D eigenvalue weighted by molar-refractivity contribution is 6.31. The van der Waals surface area contributed by atoms with Crippen molar-refractivity contribution in [1.29, 1.82) is 0 Å². The summed E-state index contributed by atoms with van der Waals surface area (Å²) < 4.78 is 0. The van der Waals surface area contributed by atoms with Crippen LogP contribution in [0.5, 0.6) is 0 Å². The maximum absolute atomic E-state index is 12.1. The Bertz CT molecular complexity index is 519. The lowest BCUT2D eigenvalue weighted by molar-refractivity contribution is -0.128. The number of rotatable bonds is 3. The van der Waals surface area contributed by atoms with Crippen LogP contribution in [0.3, 0.4) is 0 Å². The van der Waals surface area contributed by atoms with E-state index in [9.17, 15) is 9.59 Å². The molecule has 1 fully saturated rings. The van der Waals surface area contributed by atoms with Crippen molar-refractivity contribution in [1.82, 2.24) is 10.2 Å². The predicted octanol–water partition coefficient (Wildman–Crippen LogP) is 2.00. The zero-order valence-electron chi connectivity index (χ0n) is 10.9. The quantitative estimate of drug-likeness (QED) is 0.891. The van der Waals surface area contributed by atoms with E-state index in [1.807, 2.05) is 19.1 Å². The number of anilines is 1. The van der Waals surface area contributed by atoms with Gasteiger partial charge in [0.15, 0.2) is 0 Å². The van der Waals surface area contributed by atoms with Crippen LogP contribution in [0, 0.1) is 6.92 Å². The summed E-state index contributed by atoms with van der Waals surface area (Å²) in [4.78, 5) is 24.8. The van der Waals surface area contributed by atoms with Gasteiger partial charge in [-0.3, -0.25) is 9.69 Å². The summed E-state index contributed by atoms with van der Waals surface area (Å²) in [6.45, 7) is 4.53. The fourth-order valence-electron chi connectivity index (χ4n) is 1.97. The lowest BCUT2D eigenvalue weighted by Crippen LogP contribution is -2.43. The number of halogens is 1. The Morgan fingerprint density at radius 2 is 2.26 bits per heavy atom. The third kappa shape index (κ3) is 2.81. The van der Waals surface area contributed by atoms with Gasteiger partial charge in [0, 0.05) is 23.8 Å². The van der Waals surface area contributed by atoms with Gasteiger partial charge in [0.25, 0.3) is 5.91 Å². The molecule has 19 heavy (non-hydrogen) atoms. The molecule has 0 saturated carbocycles. The molecule has 1 aromatic rings. The number of nitrogens with zero attached hydrogens (tertiary/aromatic N) is 1. The van der Waals surface area contributed by atoms with Crippen LogP contribution >= 0.6 is 11.6 Å². The topological polar surface area (TPSA) is 61.4 Å². The van der Waals surface area contributed by atoms with E-state index in [1.54, 1.807) is 13.0 Å². The van der Waals surface area contributed by atoms with Gasteiger partial charge in [-0.25, -0.2) is 4.79 Å². The van der Waals surface area contributed by atoms with Crippen molar-refractivity contribution >= 4 is 29.2 Å². The first-order chi connectivity index (χ1) is 9.00. The van der Waals surface area contributed by atoms with Gasteiger partial charge in [0.1, 0.15) is 6.04 Å². The minimum atomic E-state index is -0.485. The fraction of sp³-hybridized carbons (Fsp3) is 0.385. The van der Waals surface area contributed by atoms with E-state index < -0.39 is 6.04 Å². The van der Waals surface area contributed by atoms with Crippen LogP contribution in [0.1, 0.15) is 12.5 Å². The largest absolute Gasteiger partial charge is 0.374 e. The van der Waals surface area contributed by atoms with Crippen molar-refractivity contribution in [3.05, 3.63) is 28.8 Å². The molecule has 102 valence electrons. The van der Waals surface area contributed by atoms with Crippen molar-refractivity contribution in [2.75, 3.05) is 18.4 Å². The molecule has 0 aromatic heterocycles. The molecule has 0 bridgehead atoms. The van der Waals surface area contributed by atoms with Crippen molar-refractivity contribution < 1.29 is 9.59 Å². The van der Waals surface area contributed by atoms with Gasteiger partial charge in [-0.15, -0.1) is 0 Å². The number of benzene rings is 1. The molecule has 0 spiro atoms. The number of hydrogen-bond donors (Lipinski definition) is 2. The molecule has 5 nitrogen and oxygen atoms in total. The molecule has 0 unspecified atom stereocenters. The summed E-state index contributed by atoms with van der Waals surface area (Å²) in [5, 5.41) is 6.34. The number of imide groups is 1. The number of carbonyl (C=O) groups is 2. The average Bonchev–Trinajstić information content (AvgIpc) is 2.80. The van der Waals surface area contributed by atoms with E-state index in [1.165, 1.54) is 4.90 Å². The number of nitrogens with one attached hydrogen (secondary N) is 2. The Balaban J connectivity index is 2.08. The molecule has 6 heteroatoms. The monoisotopic (exact) mass is 281 g/mol. The van der Waals surface area contributed by atoms with Gasteiger partial charge >= 0.3 is 6.03 Å².